The predicted octanol–water partition coefficient (Wildman–Crippen LogP) is 1.61. The van der Waals surface area contributed by atoms with Gasteiger partial charge in [-0.05, 0) is 13.3 Å². The number of anilines is 1. The molecule has 1 aromatic rings. The molecule has 0 spiro atoms. The summed E-state index contributed by atoms with van der Waals surface area (Å²) in [6.45, 7) is 3.17. The Balaban J connectivity index is 2.03. The Bertz CT molecular complexity index is 414. The van der Waals surface area contributed by atoms with E-state index in [1.165, 1.54) is 16.2 Å². The van der Waals surface area contributed by atoms with E-state index in [4.69, 9.17) is 0 Å². The number of carbonyl (C=O) groups excluding carboxylic acids is 2. The molecule has 1 fully saturated rings. The fourth-order valence-corrected chi connectivity index (χ4v) is 2.61. The van der Waals surface area contributed by atoms with Gasteiger partial charge >= 0.3 is 0 Å². The van der Waals surface area contributed by atoms with Gasteiger partial charge in [0.2, 0.25) is 11.8 Å². The highest BCUT2D eigenvalue weighted by Crippen LogP contribution is 2.22. The molecule has 5 nitrogen and oxygen atoms in total. The third kappa shape index (κ3) is 2.82. The van der Waals surface area contributed by atoms with Gasteiger partial charge in [-0.2, -0.15) is 0 Å². The Kier molecular flexibility index (Phi) is 3.73. The average Bonchev–Trinajstić information content (AvgIpc) is 2.72. The summed E-state index contributed by atoms with van der Waals surface area (Å²) < 4.78 is 0. The number of carbonyl (C=O) groups is 2. The Morgan fingerprint density at radius 3 is 2.76 bits per heavy atom. The third-order valence-corrected chi connectivity index (χ3v) is 3.52. The summed E-state index contributed by atoms with van der Waals surface area (Å²) in [5.41, 5.74) is 0. The molecule has 2 heterocycles. The molecule has 0 unspecified atom stereocenters. The highest BCUT2D eigenvalue weighted by molar-refractivity contribution is 7.15. The van der Waals surface area contributed by atoms with Crippen molar-refractivity contribution in [2.24, 2.45) is 0 Å². The van der Waals surface area contributed by atoms with Gasteiger partial charge in [0.1, 0.15) is 0 Å². The van der Waals surface area contributed by atoms with Gasteiger partial charge in [-0.25, -0.2) is 4.98 Å². The van der Waals surface area contributed by atoms with Gasteiger partial charge in [-0.15, -0.1) is 11.3 Å². The van der Waals surface area contributed by atoms with Gasteiger partial charge in [0.25, 0.3) is 0 Å². The minimum absolute atomic E-state index is 0.0698. The minimum atomic E-state index is -0.0698. The van der Waals surface area contributed by atoms with Crippen molar-refractivity contribution in [2.75, 3.05) is 11.9 Å². The summed E-state index contributed by atoms with van der Waals surface area (Å²) in [6, 6.07) is 0. The number of hydrogen-bond acceptors (Lipinski definition) is 5. The molecule has 0 aliphatic carbocycles. The summed E-state index contributed by atoms with van der Waals surface area (Å²) >= 11 is 1.49. The third-order valence-electron chi connectivity index (χ3n) is 2.58. The van der Waals surface area contributed by atoms with E-state index in [0.29, 0.717) is 25.8 Å². The lowest BCUT2D eigenvalue weighted by Gasteiger charge is -2.23. The molecule has 1 N–H and O–H groups in total. The maximum absolute atomic E-state index is 11.6. The van der Waals surface area contributed by atoms with Gasteiger partial charge in [0.05, 0.1) is 6.54 Å². The maximum atomic E-state index is 11.6. The van der Waals surface area contributed by atoms with Gasteiger partial charge in [0.15, 0.2) is 5.13 Å². The predicted molar refractivity (Wildman–Crippen MR) is 65.7 cm³/mol. The summed E-state index contributed by atoms with van der Waals surface area (Å²) in [4.78, 5) is 29.7. The highest BCUT2D eigenvalue weighted by Gasteiger charge is 2.26. The smallest absolute Gasteiger partial charge is 0.229 e. The molecule has 0 atom stereocenters. The largest absolute Gasteiger partial charge is 0.362 e. The maximum Gasteiger partial charge on any atom is 0.229 e. The molecule has 2 rings (SSSR count). The van der Waals surface area contributed by atoms with Crippen LogP contribution in [0.25, 0.3) is 0 Å². The quantitative estimate of drug-likeness (QED) is 0.828. The van der Waals surface area contributed by atoms with E-state index >= 15 is 0 Å². The number of aromatic nitrogens is 1. The lowest BCUT2D eigenvalue weighted by molar-refractivity contribution is -0.148. The number of amides is 2. The van der Waals surface area contributed by atoms with Crippen LogP contribution in [0.1, 0.15) is 31.1 Å². The first kappa shape index (κ1) is 12.0. The van der Waals surface area contributed by atoms with Crippen molar-refractivity contribution in [2.45, 2.75) is 32.7 Å². The number of imide groups is 1. The molecule has 1 saturated heterocycles. The lowest BCUT2D eigenvalue weighted by atomic mass is 10.1. The van der Waals surface area contributed by atoms with Gasteiger partial charge in [0, 0.05) is 30.5 Å². The van der Waals surface area contributed by atoms with E-state index < -0.39 is 0 Å². The van der Waals surface area contributed by atoms with Crippen LogP contribution in [0.3, 0.4) is 0 Å². The number of rotatable bonds is 4. The van der Waals surface area contributed by atoms with Crippen molar-refractivity contribution in [1.29, 1.82) is 0 Å². The van der Waals surface area contributed by atoms with Gasteiger partial charge < -0.3 is 5.32 Å². The Hall–Kier alpha value is -1.43. The molecule has 1 aromatic heterocycles. The number of thiazole rings is 1. The summed E-state index contributed by atoms with van der Waals surface area (Å²) in [7, 11) is 0. The number of hydrogen-bond donors (Lipinski definition) is 1. The Morgan fingerprint density at radius 2 is 2.12 bits per heavy atom. The van der Waals surface area contributed by atoms with Crippen LogP contribution in [0, 0.1) is 0 Å². The highest BCUT2D eigenvalue weighted by atomic mass is 32.1. The standard InChI is InChI=1S/C11H15N3O2S/c1-2-12-11-13-6-8(17-11)7-14-9(15)4-3-5-10(14)16/h6H,2-5,7H2,1H3,(H,12,13). The second kappa shape index (κ2) is 5.27. The van der Waals surface area contributed by atoms with Crippen LogP contribution in [0.5, 0.6) is 0 Å². The van der Waals surface area contributed by atoms with Crippen LogP contribution < -0.4 is 5.32 Å². The Labute approximate surface area is 104 Å². The first-order valence-electron chi connectivity index (χ1n) is 5.72. The van der Waals surface area contributed by atoms with E-state index in [2.05, 4.69) is 10.3 Å². The SMILES string of the molecule is CCNc1ncc(CN2C(=O)CCCC2=O)s1. The van der Waals surface area contributed by atoms with E-state index in [9.17, 15) is 9.59 Å². The molecular weight excluding hydrogens is 238 g/mol. The van der Waals surface area contributed by atoms with Crippen LogP contribution in [0.2, 0.25) is 0 Å². The number of nitrogens with one attached hydrogen (secondary N) is 1. The number of likely N-dealkylation sites (tertiary alicyclic amines) is 1. The molecular formula is C11H15N3O2S. The molecule has 0 radical (unpaired) electrons. The minimum Gasteiger partial charge on any atom is -0.362 e. The second-order valence-electron chi connectivity index (χ2n) is 3.89. The molecule has 6 heteroatoms. The normalized spacial score (nSPS) is 16.4. The number of piperidine rings is 1. The second-order valence-corrected chi connectivity index (χ2v) is 5.00. The molecule has 92 valence electrons. The molecule has 0 saturated carbocycles. The zero-order valence-corrected chi connectivity index (χ0v) is 10.5. The van der Waals surface area contributed by atoms with Crippen molar-refractivity contribution in [3.8, 4) is 0 Å². The van der Waals surface area contributed by atoms with Crippen LogP contribution in [-0.4, -0.2) is 28.2 Å². The lowest BCUT2D eigenvalue weighted by Crippen LogP contribution is -2.39. The summed E-state index contributed by atoms with van der Waals surface area (Å²) in [5, 5.41) is 3.94. The summed E-state index contributed by atoms with van der Waals surface area (Å²) in [5.74, 6) is -0.140. The van der Waals surface area contributed by atoms with Crippen LogP contribution in [-0.2, 0) is 16.1 Å². The molecule has 0 bridgehead atoms. The van der Waals surface area contributed by atoms with Crippen molar-refractivity contribution >= 4 is 28.3 Å². The molecule has 17 heavy (non-hydrogen) atoms. The zero-order valence-electron chi connectivity index (χ0n) is 9.73. The van der Waals surface area contributed by atoms with Crippen LogP contribution in [0.4, 0.5) is 5.13 Å². The van der Waals surface area contributed by atoms with Crippen LogP contribution >= 0.6 is 11.3 Å². The van der Waals surface area contributed by atoms with Crippen LogP contribution in [0.15, 0.2) is 6.20 Å². The van der Waals surface area contributed by atoms with Crippen molar-refractivity contribution < 1.29 is 9.59 Å². The van der Waals surface area contributed by atoms with E-state index in [0.717, 1.165) is 16.6 Å². The molecule has 1 aliphatic heterocycles. The van der Waals surface area contributed by atoms with E-state index in [-0.39, 0.29) is 11.8 Å². The fourth-order valence-electron chi connectivity index (χ4n) is 1.75. The average molecular weight is 253 g/mol. The Morgan fingerprint density at radius 1 is 1.41 bits per heavy atom. The number of nitrogens with zero attached hydrogens (tertiary/aromatic N) is 2. The topological polar surface area (TPSA) is 62.3 Å². The first-order chi connectivity index (χ1) is 8.20. The molecule has 2 amide bonds. The monoisotopic (exact) mass is 253 g/mol. The zero-order chi connectivity index (χ0) is 12.3. The fraction of sp³-hybridized carbons (Fsp3) is 0.545. The van der Waals surface area contributed by atoms with Crippen molar-refractivity contribution in [1.82, 2.24) is 9.88 Å². The van der Waals surface area contributed by atoms with Crippen molar-refractivity contribution in [3.05, 3.63) is 11.1 Å². The van der Waals surface area contributed by atoms with Gasteiger partial charge in [-0.3, -0.25) is 14.5 Å². The van der Waals surface area contributed by atoms with Gasteiger partial charge in [-0.1, -0.05) is 0 Å². The first-order valence-corrected chi connectivity index (χ1v) is 6.54. The molecule has 0 aromatic carbocycles. The molecule has 1 aliphatic rings. The van der Waals surface area contributed by atoms with E-state index in [1.807, 2.05) is 6.92 Å². The summed E-state index contributed by atoms with van der Waals surface area (Å²) in [6.07, 6.45) is 3.35. The van der Waals surface area contributed by atoms with E-state index in [1.54, 1.807) is 6.20 Å². The van der Waals surface area contributed by atoms with Crippen molar-refractivity contribution in [3.63, 3.8) is 0 Å².